The van der Waals surface area contributed by atoms with Crippen LogP contribution < -0.4 is 11.1 Å². The summed E-state index contributed by atoms with van der Waals surface area (Å²) >= 11 is 0. The lowest BCUT2D eigenvalue weighted by atomic mass is 10.1. The molecule has 5 nitrogen and oxygen atoms in total. The Kier molecular flexibility index (Phi) is 4.10. The van der Waals surface area contributed by atoms with Crippen molar-refractivity contribution in [3.63, 3.8) is 0 Å². The molecule has 2 heterocycles. The third-order valence-electron chi connectivity index (χ3n) is 4.19. The van der Waals surface area contributed by atoms with E-state index in [0.29, 0.717) is 11.6 Å². The van der Waals surface area contributed by atoms with E-state index in [-0.39, 0.29) is 11.9 Å². The highest BCUT2D eigenvalue weighted by Gasteiger charge is 2.10. The van der Waals surface area contributed by atoms with E-state index in [4.69, 9.17) is 5.73 Å². The highest BCUT2D eigenvalue weighted by atomic mass is 19.1. The number of halogens is 1. The standard InChI is InChI=1S/C20H18FN5/c1-13(22)14-7-9-17(10-8-14)23-20-24-19-18(6-3-11-26(19)25-20)15-4-2-5-16(21)12-15/h2-13H,22H2,1H3,(H,23,25). The van der Waals surface area contributed by atoms with Gasteiger partial charge in [0.15, 0.2) is 5.65 Å². The average molecular weight is 347 g/mol. The van der Waals surface area contributed by atoms with Crippen LogP contribution in [0, 0.1) is 5.82 Å². The highest BCUT2D eigenvalue weighted by molar-refractivity contribution is 5.78. The molecule has 2 aromatic heterocycles. The van der Waals surface area contributed by atoms with Crippen molar-refractivity contribution >= 4 is 17.3 Å². The van der Waals surface area contributed by atoms with Crippen LogP contribution in [0.4, 0.5) is 16.0 Å². The zero-order valence-corrected chi connectivity index (χ0v) is 14.2. The number of nitrogens with two attached hydrogens (primary N) is 1. The van der Waals surface area contributed by atoms with Gasteiger partial charge in [0, 0.05) is 23.5 Å². The molecule has 0 radical (unpaired) electrons. The van der Waals surface area contributed by atoms with E-state index in [9.17, 15) is 4.39 Å². The second-order valence-electron chi connectivity index (χ2n) is 6.17. The molecule has 0 aliphatic carbocycles. The van der Waals surface area contributed by atoms with Crippen molar-refractivity contribution in [2.75, 3.05) is 5.32 Å². The number of hydrogen-bond donors (Lipinski definition) is 2. The zero-order chi connectivity index (χ0) is 18.1. The Hall–Kier alpha value is -3.25. The minimum Gasteiger partial charge on any atom is -0.324 e. The van der Waals surface area contributed by atoms with E-state index in [0.717, 1.165) is 22.4 Å². The first-order chi connectivity index (χ1) is 12.6. The Bertz CT molecular complexity index is 1050. The summed E-state index contributed by atoms with van der Waals surface area (Å²) in [7, 11) is 0. The first-order valence-corrected chi connectivity index (χ1v) is 8.34. The van der Waals surface area contributed by atoms with Crippen LogP contribution in [0.1, 0.15) is 18.5 Å². The van der Waals surface area contributed by atoms with Crippen molar-refractivity contribution in [2.24, 2.45) is 5.73 Å². The third-order valence-corrected chi connectivity index (χ3v) is 4.19. The summed E-state index contributed by atoms with van der Waals surface area (Å²) in [5.41, 5.74) is 10.0. The van der Waals surface area contributed by atoms with Crippen molar-refractivity contribution in [1.82, 2.24) is 14.6 Å². The van der Waals surface area contributed by atoms with Crippen molar-refractivity contribution < 1.29 is 4.39 Å². The number of benzene rings is 2. The first-order valence-electron chi connectivity index (χ1n) is 8.34. The average Bonchev–Trinajstić information content (AvgIpc) is 3.04. The number of hydrogen-bond acceptors (Lipinski definition) is 4. The number of fused-ring (bicyclic) bond motifs is 1. The number of aromatic nitrogens is 3. The molecule has 0 aliphatic heterocycles. The molecule has 1 unspecified atom stereocenters. The molecule has 0 aliphatic rings. The molecule has 4 rings (SSSR count). The Morgan fingerprint density at radius 2 is 1.88 bits per heavy atom. The van der Waals surface area contributed by atoms with E-state index in [2.05, 4.69) is 15.4 Å². The van der Waals surface area contributed by atoms with Crippen LogP contribution in [-0.2, 0) is 0 Å². The van der Waals surface area contributed by atoms with Gasteiger partial charge in [0.05, 0.1) is 0 Å². The number of pyridine rings is 1. The van der Waals surface area contributed by atoms with E-state index in [1.54, 1.807) is 10.6 Å². The summed E-state index contributed by atoms with van der Waals surface area (Å²) in [5, 5.41) is 7.64. The molecule has 0 amide bonds. The number of nitrogens with one attached hydrogen (secondary N) is 1. The largest absolute Gasteiger partial charge is 0.324 e. The molecule has 6 heteroatoms. The summed E-state index contributed by atoms with van der Waals surface area (Å²) in [4.78, 5) is 4.57. The summed E-state index contributed by atoms with van der Waals surface area (Å²) in [6.07, 6.45) is 1.81. The van der Waals surface area contributed by atoms with E-state index < -0.39 is 0 Å². The van der Waals surface area contributed by atoms with Crippen LogP contribution in [0.3, 0.4) is 0 Å². The molecule has 1 atom stereocenters. The molecule has 0 bridgehead atoms. The van der Waals surface area contributed by atoms with Crippen molar-refractivity contribution in [2.45, 2.75) is 13.0 Å². The smallest absolute Gasteiger partial charge is 0.247 e. The van der Waals surface area contributed by atoms with Crippen molar-refractivity contribution in [3.05, 3.63) is 78.2 Å². The van der Waals surface area contributed by atoms with Gasteiger partial charge in [0.25, 0.3) is 0 Å². The van der Waals surface area contributed by atoms with Gasteiger partial charge in [0.1, 0.15) is 5.82 Å². The van der Waals surface area contributed by atoms with Gasteiger partial charge >= 0.3 is 0 Å². The SMILES string of the molecule is CC(N)c1ccc(Nc2nc3c(-c4cccc(F)c4)cccn3n2)cc1. The molecule has 0 spiro atoms. The summed E-state index contributed by atoms with van der Waals surface area (Å²) in [6.45, 7) is 1.94. The van der Waals surface area contributed by atoms with Gasteiger partial charge in [-0.3, -0.25) is 0 Å². The Balaban J connectivity index is 1.68. The van der Waals surface area contributed by atoms with Crippen LogP contribution in [0.2, 0.25) is 0 Å². The first kappa shape index (κ1) is 16.2. The van der Waals surface area contributed by atoms with Crippen molar-refractivity contribution in [3.8, 4) is 11.1 Å². The topological polar surface area (TPSA) is 68.2 Å². The van der Waals surface area contributed by atoms with Gasteiger partial charge in [0.2, 0.25) is 5.95 Å². The minimum atomic E-state index is -0.281. The summed E-state index contributed by atoms with van der Waals surface area (Å²) in [6, 6.07) is 18.0. The Morgan fingerprint density at radius 3 is 2.62 bits per heavy atom. The van der Waals surface area contributed by atoms with E-state index >= 15 is 0 Å². The predicted molar refractivity (Wildman–Crippen MR) is 101 cm³/mol. The third kappa shape index (κ3) is 3.14. The minimum absolute atomic E-state index is 0.00815. The highest BCUT2D eigenvalue weighted by Crippen LogP contribution is 2.25. The maximum absolute atomic E-state index is 13.6. The maximum Gasteiger partial charge on any atom is 0.247 e. The maximum atomic E-state index is 13.6. The molecule has 3 N–H and O–H groups in total. The fraction of sp³-hybridized carbons (Fsp3) is 0.100. The van der Waals surface area contributed by atoms with Gasteiger partial charge in [-0.25, -0.2) is 8.91 Å². The van der Waals surface area contributed by atoms with E-state index in [1.165, 1.54) is 12.1 Å². The molecule has 130 valence electrons. The molecule has 26 heavy (non-hydrogen) atoms. The number of rotatable bonds is 4. The number of nitrogens with zero attached hydrogens (tertiary/aromatic N) is 3. The molecule has 2 aromatic carbocycles. The summed E-state index contributed by atoms with van der Waals surface area (Å²) < 4.78 is 15.3. The molecule has 4 aromatic rings. The lowest BCUT2D eigenvalue weighted by Crippen LogP contribution is -2.04. The van der Waals surface area contributed by atoms with Crippen LogP contribution >= 0.6 is 0 Å². The van der Waals surface area contributed by atoms with Crippen LogP contribution in [-0.4, -0.2) is 14.6 Å². The fourth-order valence-corrected chi connectivity index (χ4v) is 2.84. The van der Waals surface area contributed by atoms with Gasteiger partial charge in [-0.1, -0.05) is 24.3 Å². The lowest BCUT2D eigenvalue weighted by Gasteiger charge is -2.06. The van der Waals surface area contributed by atoms with Crippen LogP contribution in [0.5, 0.6) is 0 Å². The molecule has 0 saturated carbocycles. The van der Waals surface area contributed by atoms with Gasteiger partial charge in [-0.05, 0) is 54.4 Å². The van der Waals surface area contributed by atoms with Gasteiger partial charge < -0.3 is 11.1 Å². The van der Waals surface area contributed by atoms with Crippen molar-refractivity contribution in [1.29, 1.82) is 0 Å². The zero-order valence-electron chi connectivity index (χ0n) is 14.2. The quantitative estimate of drug-likeness (QED) is 0.577. The Morgan fingerprint density at radius 1 is 1.08 bits per heavy atom. The fourth-order valence-electron chi connectivity index (χ4n) is 2.84. The molecular weight excluding hydrogens is 329 g/mol. The second kappa shape index (κ2) is 6.57. The van der Waals surface area contributed by atoms with Crippen LogP contribution in [0.15, 0.2) is 66.9 Å². The second-order valence-corrected chi connectivity index (χ2v) is 6.17. The van der Waals surface area contributed by atoms with Gasteiger partial charge in [-0.15, -0.1) is 5.10 Å². The molecular formula is C20H18FN5. The Labute approximate surface area is 150 Å². The predicted octanol–water partition coefficient (Wildman–Crippen LogP) is 4.30. The van der Waals surface area contributed by atoms with Gasteiger partial charge in [-0.2, -0.15) is 4.98 Å². The number of anilines is 2. The van der Waals surface area contributed by atoms with E-state index in [1.807, 2.05) is 55.6 Å². The van der Waals surface area contributed by atoms with Crippen LogP contribution in [0.25, 0.3) is 16.8 Å². The normalized spacial score (nSPS) is 12.3. The lowest BCUT2D eigenvalue weighted by molar-refractivity contribution is 0.628. The summed E-state index contributed by atoms with van der Waals surface area (Å²) in [5.74, 6) is 0.194. The molecule has 0 fully saturated rings. The monoisotopic (exact) mass is 347 g/mol. The molecule has 0 saturated heterocycles.